The van der Waals surface area contributed by atoms with Gasteiger partial charge in [0.1, 0.15) is 0 Å². The minimum Gasteiger partial charge on any atom is -0.381 e. The number of hydrogen-bond acceptors (Lipinski definition) is 3. The molecule has 1 aliphatic rings. The van der Waals surface area contributed by atoms with Crippen molar-refractivity contribution >= 4 is 27.1 Å². The van der Waals surface area contributed by atoms with Crippen molar-refractivity contribution in [3.8, 4) is 0 Å². The maximum atomic E-state index is 11.6. The molecule has 112 valence electrons. The molecule has 1 aromatic rings. The second-order valence-electron chi connectivity index (χ2n) is 5.87. The Kier molecular flexibility index (Phi) is 4.97. The van der Waals surface area contributed by atoms with Crippen LogP contribution in [0.2, 0.25) is 5.02 Å². The lowest BCUT2D eigenvalue weighted by Crippen LogP contribution is -2.19. The molecule has 1 aromatic carbocycles. The molecule has 20 heavy (non-hydrogen) atoms. The third-order valence-corrected chi connectivity index (χ3v) is 5.42. The van der Waals surface area contributed by atoms with Crippen LogP contribution in [0.3, 0.4) is 0 Å². The average molecular weight is 316 g/mol. The molecule has 0 bridgehead atoms. The number of benzene rings is 1. The standard InChI is InChI=1S/C15H22ClNO2S/c1-11-4-3-5-12(7-6-11)17-15-10-13(20(2,18)19)8-9-14(15)16/h8-12,17H,3-7H2,1-2H3. The molecule has 0 aromatic heterocycles. The largest absolute Gasteiger partial charge is 0.381 e. The van der Waals surface area contributed by atoms with Crippen LogP contribution in [0.4, 0.5) is 5.69 Å². The zero-order valence-electron chi connectivity index (χ0n) is 12.0. The van der Waals surface area contributed by atoms with E-state index >= 15 is 0 Å². The number of rotatable bonds is 3. The summed E-state index contributed by atoms with van der Waals surface area (Å²) in [5.41, 5.74) is 0.731. The van der Waals surface area contributed by atoms with Gasteiger partial charge < -0.3 is 5.32 Å². The Balaban J connectivity index is 2.16. The predicted molar refractivity (Wildman–Crippen MR) is 84.2 cm³/mol. The molecular formula is C15H22ClNO2S. The lowest BCUT2D eigenvalue weighted by molar-refractivity contribution is 0.502. The Morgan fingerprint density at radius 2 is 1.95 bits per heavy atom. The van der Waals surface area contributed by atoms with E-state index in [-0.39, 0.29) is 0 Å². The molecule has 1 saturated carbocycles. The molecule has 0 amide bonds. The third-order valence-electron chi connectivity index (χ3n) is 3.98. The SMILES string of the molecule is CC1CCCC(Nc2cc(S(C)(=O)=O)ccc2Cl)CC1. The summed E-state index contributed by atoms with van der Waals surface area (Å²) in [4.78, 5) is 0.311. The van der Waals surface area contributed by atoms with Crippen LogP contribution in [-0.2, 0) is 9.84 Å². The highest BCUT2D eigenvalue weighted by atomic mass is 35.5. The zero-order chi connectivity index (χ0) is 14.8. The second kappa shape index (κ2) is 6.35. The van der Waals surface area contributed by atoms with Gasteiger partial charge in [-0.25, -0.2) is 8.42 Å². The van der Waals surface area contributed by atoms with E-state index < -0.39 is 9.84 Å². The van der Waals surface area contributed by atoms with Crippen molar-refractivity contribution in [1.82, 2.24) is 0 Å². The minimum atomic E-state index is -3.20. The summed E-state index contributed by atoms with van der Waals surface area (Å²) in [6, 6.07) is 5.23. The summed E-state index contributed by atoms with van der Waals surface area (Å²) >= 11 is 6.18. The molecule has 3 nitrogen and oxygen atoms in total. The van der Waals surface area contributed by atoms with Crippen LogP contribution in [-0.4, -0.2) is 20.7 Å². The van der Waals surface area contributed by atoms with Crippen LogP contribution in [0.25, 0.3) is 0 Å². The molecule has 5 heteroatoms. The van der Waals surface area contributed by atoms with Gasteiger partial charge in [0.15, 0.2) is 9.84 Å². The van der Waals surface area contributed by atoms with E-state index in [0.717, 1.165) is 24.4 Å². The molecule has 2 rings (SSSR count). The third kappa shape index (κ3) is 4.13. The number of hydrogen-bond donors (Lipinski definition) is 1. The molecule has 0 radical (unpaired) electrons. The van der Waals surface area contributed by atoms with Crippen LogP contribution in [0, 0.1) is 5.92 Å². The normalized spacial score (nSPS) is 24.1. The van der Waals surface area contributed by atoms with Crippen molar-refractivity contribution in [2.45, 2.75) is 50.0 Å². The summed E-state index contributed by atoms with van der Waals surface area (Å²) in [7, 11) is -3.20. The number of sulfone groups is 1. The van der Waals surface area contributed by atoms with Crippen LogP contribution >= 0.6 is 11.6 Å². The van der Waals surface area contributed by atoms with Gasteiger partial charge >= 0.3 is 0 Å². The van der Waals surface area contributed by atoms with Crippen molar-refractivity contribution in [3.63, 3.8) is 0 Å². The summed E-state index contributed by atoms with van der Waals surface area (Å²) in [5, 5.41) is 4.00. The van der Waals surface area contributed by atoms with E-state index in [0.29, 0.717) is 16.0 Å². The highest BCUT2D eigenvalue weighted by Crippen LogP contribution is 2.29. The van der Waals surface area contributed by atoms with E-state index in [4.69, 9.17) is 11.6 Å². The maximum Gasteiger partial charge on any atom is 0.175 e. The Labute approximate surface area is 126 Å². The van der Waals surface area contributed by atoms with Crippen LogP contribution in [0.1, 0.15) is 39.0 Å². The van der Waals surface area contributed by atoms with E-state index in [1.807, 2.05) is 0 Å². The molecule has 0 spiro atoms. The molecular weight excluding hydrogens is 294 g/mol. The predicted octanol–water partition coefficient (Wildman–Crippen LogP) is 4.12. The fraction of sp³-hybridized carbons (Fsp3) is 0.600. The fourth-order valence-electron chi connectivity index (χ4n) is 2.70. The van der Waals surface area contributed by atoms with Crippen LogP contribution in [0.5, 0.6) is 0 Å². The van der Waals surface area contributed by atoms with Gasteiger partial charge in [-0.2, -0.15) is 0 Å². The molecule has 0 aliphatic heterocycles. The van der Waals surface area contributed by atoms with Crippen molar-refractivity contribution in [2.75, 3.05) is 11.6 Å². The second-order valence-corrected chi connectivity index (χ2v) is 8.29. The first-order valence-corrected chi connectivity index (χ1v) is 9.39. The first-order chi connectivity index (χ1) is 9.36. The van der Waals surface area contributed by atoms with Gasteiger partial charge in [0, 0.05) is 12.3 Å². The molecule has 0 heterocycles. The number of nitrogens with one attached hydrogen (secondary N) is 1. The van der Waals surface area contributed by atoms with E-state index in [1.165, 1.54) is 25.5 Å². The number of halogens is 1. The Morgan fingerprint density at radius 1 is 1.20 bits per heavy atom. The van der Waals surface area contributed by atoms with Crippen molar-refractivity contribution in [2.24, 2.45) is 5.92 Å². The highest BCUT2D eigenvalue weighted by molar-refractivity contribution is 7.90. The lowest BCUT2D eigenvalue weighted by atomic mass is 10.0. The van der Waals surface area contributed by atoms with Crippen molar-refractivity contribution < 1.29 is 8.42 Å². The smallest absolute Gasteiger partial charge is 0.175 e. The maximum absolute atomic E-state index is 11.6. The van der Waals surface area contributed by atoms with Gasteiger partial charge in [-0.05, 0) is 43.4 Å². The fourth-order valence-corrected chi connectivity index (χ4v) is 3.52. The lowest BCUT2D eigenvalue weighted by Gasteiger charge is -2.19. The average Bonchev–Trinajstić information content (AvgIpc) is 2.56. The topological polar surface area (TPSA) is 46.2 Å². The molecule has 1 N–H and O–H groups in total. The quantitative estimate of drug-likeness (QED) is 0.853. The van der Waals surface area contributed by atoms with Crippen molar-refractivity contribution in [3.05, 3.63) is 23.2 Å². The Hall–Kier alpha value is -0.740. The van der Waals surface area contributed by atoms with Crippen molar-refractivity contribution in [1.29, 1.82) is 0 Å². The zero-order valence-corrected chi connectivity index (χ0v) is 13.6. The van der Waals surface area contributed by atoms with Gasteiger partial charge in [-0.3, -0.25) is 0 Å². The molecule has 1 fully saturated rings. The Morgan fingerprint density at radius 3 is 2.65 bits per heavy atom. The summed E-state index contributed by atoms with van der Waals surface area (Å²) in [5.74, 6) is 0.777. The first kappa shape index (κ1) is 15.6. The first-order valence-electron chi connectivity index (χ1n) is 7.12. The Bertz CT molecular complexity index is 571. The van der Waals surface area contributed by atoms with Gasteiger partial charge in [0.25, 0.3) is 0 Å². The molecule has 1 aliphatic carbocycles. The molecule has 0 saturated heterocycles. The minimum absolute atomic E-state index is 0.311. The highest BCUT2D eigenvalue weighted by Gasteiger charge is 2.18. The number of anilines is 1. The van der Waals surface area contributed by atoms with Crippen LogP contribution in [0.15, 0.2) is 23.1 Å². The van der Waals surface area contributed by atoms with E-state index in [2.05, 4.69) is 12.2 Å². The van der Waals surface area contributed by atoms with E-state index in [9.17, 15) is 8.42 Å². The van der Waals surface area contributed by atoms with Crippen LogP contribution < -0.4 is 5.32 Å². The monoisotopic (exact) mass is 315 g/mol. The molecule has 2 unspecified atom stereocenters. The van der Waals surface area contributed by atoms with Gasteiger partial charge in [0.2, 0.25) is 0 Å². The van der Waals surface area contributed by atoms with E-state index in [1.54, 1.807) is 18.2 Å². The summed E-state index contributed by atoms with van der Waals surface area (Å²) in [6.07, 6.45) is 7.14. The summed E-state index contributed by atoms with van der Waals surface area (Å²) in [6.45, 7) is 2.29. The van der Waals surface area contributed by atoms with Gasteiger partial charge in [0.05, 0.1) is 15.6 Å². The molecule has 2 atom stereocenters. The van der Waals surface area contributed by atoms with Gasteiger partial charge in [-0.1, -0.05) is 31.4 Å². The van der Waals surface area contributed by atoms with Gasteiger partial charge in [-0.15, -0.1) is 0 Å². The summed E-state index contributed by atoms with van der Waals surface area (Å²) < 4.78 is 23.2.